The molecule has 2 fully saturated rings. The van der Waals surface area contributed by atoms with E-state index in [9.17, 15) is 8.42 Å². The van der Waals surface area contributed by atoms with Crippen molar-refractivity contribution in [3.63, 3.8) is 0 Å². The fourth-order valence-electron chi connectivity index (χ4n) is 3.83. The molecule has 2 N–H and O–H groups in total. The third-order valence-corrected chi connectivity index (χ3v) is 6.77. The zero-order valence-corrected chi connectivity index (χ0v) is 21.1. The minimum atomic E-state index is -3.36. The lowest BCUT2D eigenvalue weighted by Crippen LogP contribution is -2.41. The Hall–Kier alpha value is -0.920. The van der Waals surface area contributed by atoms with Crippen molar-refractivity contribution in [1.82, 2.24) is 24.7 Å². The van der Waals surface area contributed by atoms with E-state index in [1.54, 1.807) is 0 Å². The van der Waals surface area contributed by atoms with Crippen LogP contribution in [0.4, 0.5) is 0 Å². The van der Waals surface area contributed by atoms with Crippen molar-refractivity contribution in [2.45, 2.75) is 44.6 Å². The third-order valence-electron chi connectivity index (χ3n) is 5.45. The number of sulfonamides is 1. The molecule has 9 nitrogen and oxygen atoms in total. The average Bonchev–Trinajstić information content (AvgIpc) is 3.36. The molecule has 0 amide bonds. The van der Waals surface area contributed by atoms with E-state index in [0.29, 0.717) is 12.5 Å². The number of likely N-dealkylation sites (tertiary alicyclic amines) is 1. The quantitative estimate of drug-likeness (QED) is 0.286. The highest BCUT2D eigenvalue weighted by Gasteiger charge is 2.27. The van der Waals surface area contributed by atoms with E-state index in [-0.39, 0.29) is 42.4 Å². The van der Waals surface area contributed by atoms with Gasteiger partial charge in [-0.1, -0.05) is 0 Å². The highest BCUT2D eigenvalue weighted by Crippen LogP contribution is 2.26. The summed E-state index contributed by atoms with van der Waals surface area (Å²) in [5.41, 5.74) is 1.24. The second-order valence-electron chi connectivity index (χ2n) is 7.77. The van der Waals surface area contributed by atoms with Crippen LogP contribution in [0.15, 0.2) is 17.4 Å². The molecule has 0 saturated carbocycles. The van der Waals surface area contributed by atoms with Crippen LogP contribution in [0.3, 0.4) is 0 Å². The summed E-state index contributed by atoms with van der Waals surface area (Å²) in [6, 6.07) is 0. The maximum Gasteiger partial charge on any atom is 0.213 e. The summed E-state index contributed by atoms with van der Waals surface area (Å²) in [4.78, 5) is 6.77. The number of ether oxygens (including phenoxy) is 1. The maximum absolute atomic E-state index is 12.3. The van der Waals surface area contributed by atoms with Gasteiger partial charge in [-0.05, 0) is 38.2 Å². The highest BCUT2D eigenvalue weighted by atomic mass is 127. The van der Waals surface area contributed by atoms with Crippen molar-refractivity contribution < 1.29 is 13.2 Å². The number of rotatable bonds is 8. The molecule has 11 heteroatoms. The number of nitrogens with one attached hydrogen (secondary N) is 2. The van der Waals surface area contributed by atoms with Crippen LogP contribution in [0.1, 0.15) is 44.1 Å². The number of aryl methyl sites for hydroxylation is 1. The summed E-state index contributed by atoms with van der Waals surface area (Å²) in [7, 11) is -1.43. The fraction of sp³-hybridized carbons (Fsp3) is 0.789. The average molecular weight is 554 g/mol. The Balaban J connectivity index is 0.00000320. The Morgan fingerprint density at radius 1 is 1.37 bits per heavy atom. The molecule has 1 aromatic heterocycles. The topological polar surface area (TPSA) is 101 Å². The van der Waals surface area contributed by atoms with E-state index >= 15 is 0 Å². The zero-order chi connectivity index (χ0) is 20.7. The molecular weight excluding hydrogens is 519 g/mol. The van der Waals surface area contributed by atoms with E-state index < -0.39 is 10.0 Å². The molecule has 0 spiro atoms. The van der Waals surface area contributed by atoms with Gasteiger partial charge in [0.15, 0.2) is 5.96 Å². The van der Waals surface area contributed by atoms with E-state index in [4.69, 9.17) is 4.74 Å². The van der Waals surface area contributed by atoms with E-state index in [1.807, 2.05) is 24.9 Å². The van der Waals surface area contributed by atoms with Crippen LogP contribution in [0.2, 0.25) is 0 Å². The van der Waals surface area contributed by atoms with Crippen LogP contribution in [0.25, 0.3) is 0 Å². The van der Waals surface area contributed by atoms with Crippen LogP contribution >= 0.6 is 24.0 Å². The number of guanidine groups is 1. The summed E-state index contributed by atoms with van der Waals surface area (Å²) in [5.74, 6) is 1.19. The third kappa shape index (κ3) is 7.65. The molecule has 0 bridgehead atoms. The second-order valence-corrected chi connectivity index (χ2v) is 9.70. The largest absolute Gasteiger partial charge is 0.377 e. The molecule has 30 heavy (non-hydrogen) atoms. The number of nitrogens with zero attached hydrogens (tertiary/aromatic N) is 4. The molecule has 2 aliphatic rings. The second kappa shape index (κ2) is 12.2. The minimum absolute atomic E-state index is 0. The minimum Gasteiger partial charge on any atom is -0.377 e. The number of halogens is 1. The first kappa shape index (κ1) is 25.3. The Labute approximate surface area is 197 Å². The molecule has 2 unspecified atom stereocenters. The fourth-order valence-corrected chi connectivity index (χ4v) is 4.75. The Kier molecular flexibility index (Phi) is 10.3. The maximum atomic E-state index is 12.3. The first-order chi connectivity index (χ1) is 14.0. The SMILES string of the molecule is CCNC(=NCCS(=O)(=O)NCC1CCCCO1)N1CCC(c2cnn(C)c2)C1.I. The summed E-state index contributed by atoms with van der Waals surface area (Å²) >= 11 is 0. The predicted molar refractivity (Wildman–Crippen MR) is 129 cm³/mol. The van der Waals surface area contributed by atoms with Crippen molar-refractivity contribution in [2.75, 3.05) is 45.1 Å². The number of aromatic nitrogens is 2. The summed E-state index contributed by atoms with van der Waals surface area (Å²) in [6.45, 7) is 5.83. The molecule has 2 atom stereocenters. The van der Waals surface area contributed by atoms with Gasteiger partial charge in [0.2, 0.25) is 10.0 Å². The summed E-state index contributed by atoms with van der Waals surface area (Å²) in [6.07, 6.45) is 8.09. The molecule has 3 heterocycles. The van der Waals surface area contributed by atoms with Crippen LogP contribution in [0, 0.1) is 0 Å². The van der Waals surface area contributed by atoms with Crippen LogP contribution in [-0.4, -0.2) is 80.2 Å². The van der Waals surface area contributed by atoms with Gasteiger partial charge in [0.05, 0.1) is 24.6 Å². The van der Waals surface area contributed by atoms with Crippen LogP contribution in [0.5, 0.6) is 0 Å². The molecule has 1 aromatic rings. The van der Waals surface area contributed by atoms with Gasteiger partial charge in [0.25, 0.3) is 0 Å². The predicted octanol–water partition coefficient (Wildman–Crippen LogP) is 1.28. The molecule has 0 aromatic carbocycles. The molecule has 0 aliphatic carbocycles. The molecule has 2 aliphatic heterocycles. The van der Waals surface area contributed by atoms with Crippen molar-refractivity contribution in [3.05, 3.63) is 18.0 Å². The van der Waals surface area contributed by atoms with Crippen LogP contribution in [-0.2, 0) is 21.8 Å². The van der Waals surface area contributed by atoms with Crippen molar-refractivity contribution >= 4 is 40.0 Å². The van der Waals surface area contributed by atoms with Gasteiger partial charge >= 0.3 is 0 Å². The highest BCUT2D eigenvalue weighted by molar-refractivity contribution is 14.0. The number of hydrogen-bond acceptors (Lipinski definition) is 5. The molecular formula is C19H35IN6O3S. The van der Waals surface area contributed by atoms with Gasteiger partial charge < -0.3 is 15.0 Å². The lowest BCUT2D eigenvalue weighted by molar-refractivity contribution is 0.0200. The van der Waals surface area contributed by atoms with E-state index in [1.165, 1.54) is 5.56 Å². The Bertz CT molecular complexity index is 779. The molecule has 2 saturated heterocycles. The lowest BCUT2D eigenvalue weighted by Gasteiger charge is -2.23. The van der Waals surface area contributed by atoms with Crippen LogP contribution < -0.4 is 10.0 Å². The van der Waals surface area contributed by atoms with Gasteiger partial charge in [-0.2, -0.15) is 5.10 Å². The van der Waals surface area contributed by atoms with Gasteiger partial charge in [-0.25, -0.2) is 13.1 Å². The van der Waals surface area contributed by atoms with Gasteiger partial charge in [-0.3, -0.25) is 9.67 Å². The standard InChI is InChI=1S/C19H34N6O3S.HI/c1-3-20-19(25-9-7-16(15-25)17-12-22-24(2)14-17)21-8-11-29(26,27)23-13-18-6-4-5-10-28-18;/h12,14,16,18,23H,3-11,13,15H2,1-2H3,(H,20,21);1H. The van der Waals surface area contributed by atoms with E-state index in [0.717, 1.165) is 57.9 Å². The smallest absolute Gasteiger partial charge is 0.213 e. The molecule has 3 rings (SSSR count). The summed E-state index contributed by atoms with van der Waals surface area (Å²) in [5, 5.41) is 7.56. The number of aliphatic imine (C=N–C) groups is 1. The lowest BCUT2D eigenvalue weighted by atomic mass is 10.0. The normalized spacial score (nSPS) is 22.7. The Morgan fingerprint density at radius 3 is 2.87 bits per heavy atom. The van der Waals surface area contributed by atoms with Gasteiger partial charge in [0, 0.05) is 51.9 Å². The zero-order valence-electron chi connectivity index (χ0n) is 17.9. The van der Waals surface area contributed by atoms with Crippen molar-refractivity contribution in [2.24, 2.45) is 12.0 Å². The monoisotopic (exact) mass is 554 g/mol. The first-order valence-corrected chi connectivity index (χ1v) is 12.2. The molecule has 0 radical (unpaired) electrons. The van der Waals surface area contributed by atoms with Crippen molar-refractivity contribution in [1.29, 1.82) is 0 Å². The molecule has 172 valence electrons. The van der Waals surface area contributed by atoms with Crippen molar-refractivity contribution in [3.8, 4) is 0 Å². The van der Waals surface area contributed by atoms with Gasteiger partial charge in [0.1, 0.15) is 0 Å². The number of hydrogen-bond donors (Lipinski definition) is 2. The Morgan fingerprint density at radius 2 is 2.20 bits per heavy atom. The first-order valence-electron chi connectivity index (χ1n) is 10.6. The summed E-state index contributed by atoms with van der Waals surface area (Å²) < 4.78 is 34.7. The van der Waals surface area contributed by atoms with Gasteiger partial charge in [-0.15, -0.1) is 24.0 Å². The van der Waals surface area contributed by atoms with E-state index in [2.05, 4.69) is 31.2 Å².